The highest BCUT2D eigenvalue weighted by Gasteiger charge is 2.07. The van der Waals surface area contributed by atoms with E-state index in [-0.39, 0.29) is 0 Å². The maximum atomic E-state index is 3.71. The number of halogens is 1. The molecule has 1 aromatic carbocycles. The molecular formula is C17H30BrN3. The third kappa shape index (κ3) is 6.81. The highest BCUT2D eigenvalue weighted by molar-refractivity contribution is 9.10. The Bertz CT molecular complexity index is 407. The molecule has 0 radical (unpaired) electrons. The van der Waals surface area contributed by atoms with Gasteiger partial charge >= 0.3 is 0 Å². The molecule has 1 aromatic rings. The number of nitrogens with zero attached hydrogens (tertiary/aromatic N) is 2. The molecule has 0 heterocycles. The van der Waals surface area contributed by atoms with Crippen molar-refractivity contribution >= 4 is 21.6 Å². The second-order valence-corrected chi connectivity index (χ2v) is 6.54. The molecule has 0 saturated carbocycles. The molecule has 0 aliphatic heterocycles. The van der Waals surface area contributed by atoms with Gasteiger partial charge in [0.2, 0.25) is 0 Å². The van der Waals surface area contributed by atoms with Gasteiger partial charge in [0.05, 0.1) is 0 Å². The fourth-order valence-electron chi connectivity index (χ4n) is 2.32. The second kappa shape index (κ2) is 10.2. The molecule has 0 saturated heterocycles. The topological polar surface area (TPSA) is 18.5 Å². The normalized spacial score (nSPS) is 11.1. The molecule has 0 aromatic heterocycles. The summed E-state index contributed by atoms with van der Waals surface area (Å²) in [6.45, 7) is 9.71. The van der Waals surface area contributed by atoms with Gasteiger partial charge in [0.1, 0.15) is 0 Å². The molecule has 0 unspecified atom stereocenters. The standard InChI is InChI=1S/C17H30BrN3/c1-5-10-19-14-15-8-9-16(13-17(15)18)21(6-2)12-7-11-20(3)4/h8-9,13,19H,5-7,10-12,14H2,1-4H3. The predicted octanol–water partition coefficient (Wildman–Crippen LogP) is 3.73. The first-order valence-corrected chi connectivity index (χ1v) is 8.76. The average Bonchev–Trinajstić information content (AvgIpc) is 2.45. The molecule has 1 N–H and O–H groups in total. The zero-order valence-corrected chi connectivity index (χ0v) is 15.5. The Morgan fingerprint density at radius 1 is 1.14 bits per heavy atom. The van der Waals surface area contributed by atoms with E-state index in [1.165, 1.54) is 28.6 Å². The molecule has 0 aliphatic carbocycles. The molecule has 0 fully saturated rings. The average molecular weight is 356 g/mol. The minimum atomic E-state index is 0.932. The Morgan fingerprint density at radius 3 is 2.48 bits per heavy atom. The summed E-state index contributed by atoms with van der Waals surface area (Å²) in [7, 11) is 4.26. The van der Waals surface area contributed by atoms with Crippen molar-refractivity contribution < 1.29 is 0 Å². The quantitative estimate of drug-likeness (QED) is 0.645. The Hall–Kier alpha value is -0.580. The van der Waals surface area contributed by atoms with Crippen LogP contribution in [-0.2, 0) is 6.54 Å². The van der Waals surface area contributed by atoms with Crippen LogP contribution < -0.4 is 10.2 Å². The zero-order valence-electron chi connectivity index (χ0n) is 14.0. The molecule has 1 rings (SSSR count). The first-order chi connectivity index (χ1) is 10.1. The van der Waals surface area contributed by atoms with Crippen molar-refractivity contribution in [2.45, 2.75) is 33.2 Å². The first-order valence-electron chi connectivity index (χ1n) is 7.97. The lowest BCUT2D eigenvalue weighted by Crippen LogP contribution is -2.27. The van der Waals surface area contributed by atoms with E-state index in [1.54, 1.807) is 0 Å². The fraction of sp³-hybridized carbons (Fsp3) is 0.647. The van der Waals surface area contributed by atoms with Gasteiger partial charge in [0.15, 0.2) is 0 Å². The van der Waals surface area contributed by atoms with Gasteiger partial charge in [-0.3, -0.25) is 0 Å². The minimum absolute atomic E-state index is 0.932. The second-order valence-electron chi connectivity index (χ2n) is 5.69. The number of rotatable bonds is 10. The van der Waals surface area contributed by atoms with E-state index in [0.29, 0.717) is 0 Å². The molecule has 0 bridgehead atoms. The van der Waals surface area contributed by atoms with E-state index in [9.17, 15) is 0 Å². The number of hydrogen-bond donors (Lipinski definition) is 1. The van der Waals surface area contributed by atoms with E-state index >= 15 is 0 Å². The fourth-order valence-corrected chi connectivity index (χ4v) is 2.83. The van der Waals surface area contributed by atoms with E-state index in [0.717, 1.165) is 32.7 Å². The third-order valence-corrected chi connectivity index (χ3v) is 4.30. The minimum Gasteiger partial charge on any atom is -0.372 e. The smallest absolute Gasteiger partial charge is 0.0377 e. The summed E-state index contributed by atoms with van der Waals surface area (Å²) in [4.78, 5) is 4.68. The number of hydrogen-bond acceptors (Lipinski definition) is 3. The Balaban J connectivity index is 2.62. The summed E-state index contributed by atoms with van der Waals surface area (Å²) >= 11 is 3.71. The van der Waals surface area contributed by atoms with Crippen LogP contribution in [0, 0.1) is 0 Å². The number of anilines is 1. The van der Waals surface area contributed by atoms with Crippen molar-refractivity contribution in [3.63, 3.8) is 0 Å². The Morgan fingerprint density at radius 2 is 1.90 bits per heavy atom. The summed E-state index contributed by atoms with van der Waals surface area (Å²) in [5.74, 6) is 0. The van der Waals surface area contributed by atoms with Gasteiger partial charge < -0.3 is 15.1 Å². The van der Waals surface area contributed by atoms with E-state index in [2.05, 4.69) is 77.2 Å². The molecule has 3 nitrogen and oxygen atoms in total. The summed E-state index contributed by atoms with van der Waals surface area (Å²) in [6, 6.07) is 6.73. The van der Waals surface area contributed by atoms with Crippen LogP contribution in [0.3, 0.4) is 0 Å². The maximum Gasteiger partial charge on any atom is 0.0377 e. The van der Waals surface area contributed by atoms with Gasteiger partial charge in [0.25, 0.3) is 0 Å². The molecule has 0 amide bonds. The van der Waals surface area contributed by atoms with Gasteiger partial charge in [-0.25, -0.2) is 0 Å². The van der Waals surface area contributed by atoms with Crippen LogP contribution in [0.4, 0.5) is 5.69 Å². The molecule has 0 atom stereocenters. The molecule has 21 heavy (non-hydrogen) atoms. The number of nitrogens with one attached hydrogen (secondary N) is 1. The van der Waals surface area contributed by atoms with E-state index in [4.69, 9.17) is 0 Å². The van der Waals surface area contributed by atoms with Crippen LogP contribution in [0.5, 0.6) is 0 Å². The van der Waals surface area contributed by atoms with Crippen LogP contribution in [0.15, 0.2) is 22.7 Å². The van der Waals surface area contributed by atoms with Crippen LogP contribution in [-0.4, -0.2) is 45.2 Å². The van der Waals surface area contributed by atoms with Crippen molar-refractivity contribution in [2.75, 3.05) is 45.2 Å². The van der Waals surface area contributed by atoms with Crippen LogP contribution in [0.1, 0.15) is 32.3 Å². The Kier molecular flexibility index (Phi) is 8.97. The van der Waals surface area contributed by atoms with Gasteiger partial charge in [-0.2, -0.15) is 0 Å². The molecule has 0 aliphatic rings. The summed E-state index contributed by atoms with van der Waals surface area (Å²) in [5.41, 5.74) is 2.64. The van der Waals surface area contributed by atoms with Crippen molar-refractivity contribution in [1.29, 1.82) is 0 Å². The van der Waals surface area contributed by atoms with Crippen LogP contribution in [0.25, 0.3) is 0 Å². The summed E-state index contributed by atoms with van der Waals surface area (Å²) in [5, 5.41) is 3.45. The Labute approximate surface area is 138 Å². The number of benzene rings is 1. The SMILES string of the molecule is CCCNCc1ccc(N(CC)CCCN(C)C)cc1Br. The molecule has 0 spiro atoms. The van der Waals surface area contributed by atoms with Gasteiger partial charge in [-0.05, 0) is 64.6 Å². The van der Waals surface area contributed by atoms with Crippen LogP contribution in [0.2, 0.25) is 0 Å². The van der Waals surface area contributed by atoms with Gasteiger partial charge in [-0.1, -0.05) is 28.9 Å². The predicted molar refractivity (Wildman–Crippen MR) is 97.2 cm³/mol. The molecule has 4 heteroatoms. The third-order valence-electron chi connectivity index (χ3n) is 3.56. The highest BCUT2D eigenvalue weighted by Crippen LogP contribution is 2.24. The van der Waals surface area contributed by atoms with Gasteiger partial charge in [0, 0.05) is 29.8 Å². The molecule has 120 valence electrons. The van der Waals surface area contributed by atoms with Crippen molar-refractivity contribution in [3.05, 3.63) is 28.2 Å². The summed E-state index contributed by atoms with van der Waals surface area (Å²) < 4.78 is 1.20. The summed E-state index contributed by atoms with van der Waals surface area (Å²) in [6.07, 6.45) is 2.36. The van der Waals surface area contributed by atoms with Crippen molar-refractivity contribution in [1.82, 2.24) is 10.2 Å². The highest BCUT2D eigenvalue weighted by atomic mass is 79.9. The lowest BCUT2D eigenvalue weighted by atomic mass is 10.2. The van der Waals surface area contributed by atoms with E-state index < -0.39 is 0 Å². The lowest BCUT2D eigenvalue weighted by molar-refractivity contribution is 0.400. The largest absolute Gasteiger partial charge is 0.372 e. The first kappa shape index (κ1) is 18.5. The van der Waals surface area contributed by atoms with Crippen molar-refractivity contribution in [2.24, 2.45) is 0 Å². The van der Waals surface area contributed by atoms with Crippen LogP contribution >= 0.6 is 15.9 Å². The van der Waals surface area contributed by atoms with Crippen molar-refractivity contribution in [3.8, 4) is 0 Å². The molecular weight excluding hydrogens is 326 g/mol. The zero-order chi connectivity index (χ0) is 15.7. The van der Waals surface area contributed by atoms with Gasteiger partial charge in [-0.15, -0.1) is 0 Å². The van der Waals surface area contributed by atoms with E-state index in [1.807, 2.05) is 0 Å². The lowest BCUT2D eigenvalue weighted by Gasteiger charge is -2.24. The monoisotopic (exact) mass is 355 g/mol. The maximum absolute atomic E-state index is 3.71.